The van der Waals surface area contributed by atoms with Crippen molar-refractivity contribution >= 4 is 23.2 Å². The minimum absolute atomic E-state index is 0.594. The van der Waals surface area contributed by atoms with Crippen molar-refractivity contribution in [3.05, 3.63) is 39.6 Å². The molecule has 0 aliphatic carbocycles. The van der Waals surface area contributed by atoms with Gasteiger partial charge in [0.2, 0.25) is 0 Å². The fourth-order valence-electron chi connectivity index (χ4n) is 1.87. The molecule has 0 aliphatic heterocycles. The van der Waals surface area contributed by atoms with Crippen LogP contribution in [0.4, 0.5) is 0 Å². The summed E-state index contributed by atoms with van der Waals surface area (Å²) >= 11 is 12.4. The van der Waals surface area contributed by atoms with Gasteiger partial charge in [-0.3, -0.25) is 0 Å². The molecule has 0 saturated carbocycles. The molecule has 4 nitrogen and oxygen atoms in total. The maximum atomic E-state index is 6.28. The predicted molar refractivity (Wildman–Crippen MR) is 82.7 cm³/mol. The Bertz CT molecular complexity index is 593. The topological polar surface area (TPSA) is 42.7 Å². The first-order valence-corrected chi connectivity index (χ1v) is 7.31. The standard InChI is InChI=1S/C14H18Cl2N4/c1-9(2)6-17-7-11-8-18-19-20(11)14-5-12(15)10(3)4-13(14)16/h4-5,8-9,17H,6-7H2,1-3H3. The molecule has 0 radical (unpaired) electrons. The molecule has 0 bridgehead atoms. The van der Waals surface area contributed by atoms with Gasteiger partial charge >= 0.3 is 0 Å². The first-order valence-electron chi connectivity index (χ1n) is 6.55. The Morgan fingerprint density at radius 3 is 2.70 bits per heavy atom. The third kappa shape index (κ3) is 3.51. The lowest BCUT2D eigenvalue weighted by molar-refractivity contribution is 0.542. The summed E-state index contributed by atoms with van der Waals surface area (Å²) < 4.78 is 1.72. The lowest BCUT2D eigenvalue weighted by atomic mass is 10.2. The summed E-state index contributed by atoms with van der Waals surface area (Å²) in [7, 11) is 0. The Hall–Kier alpha value is -1.10. The van der Waals surface area contributed by atoms with Gasteiger partial charge in [0.15, 0.2) is 0 Å². The van der Waals surface area contributed by atoms with E-state index in [1.807, 2.05) is 19.1 Å². The molecule has 0 spiro atoms. The van der Waals surface area contributed by atoms with Crippen molar-refractivity contribution in [1.29, 1.82) is 0 Å². The van der Waals surface area contributed by atoms with Gasteiger partial charge in [0.05, 0.1) is 22.6 Å². The van der Waals surface area contributed by atoms with Gasteiger partial charge in [-0.25, -0.2) is 4.68 Å². The molecular formula is C14H18Cl2N4. The van der Waals surface area contributed by atoms with Crippen LogP contribution in [0.3, 0.4) is 0 Å². The van der Waals surface area contributed by atoms with Crippen LogP contribution in [0.2, 0.25) is 10.0 Å². The average Bonchev–Trinajstić information content (AvgIpc) is 2.81. The first kappa shape index (κ1) is 15.3. The highest BCUT2D eigenvalue weighted by Crippen LogP contribution is 2.27. The van der Waals surface area contributed by atoms with Gasteiger partial charge in [-0.15, -0.1) is 5.10 Å². The zero-order valence-corrected chi connectivity index (χ0v) is 13.3. The zero-order chi connectivity index (χ0) is 14.7. The Morgan fingerprint density at radius 2 is 2.00 bits per heavy atom. The molecule has 0 amide bonds. The van der Waals surface area contributed by atoms with Crippen molar-refractivity contribution in [2.75, 3.05) is 6.54 Å². The van der Waals surface area contributed by atoms with Crippen LogP contribution in [0.15, 0.2) is 18.3 Å². The monoisotopic (exact) mass is 312 g/mol. The fraction of sp³-hybridized carbons (Fsp3) is 0.429. The molecule has 1 aromatic carbocycles. The minimum atomic E-state index is 0.594. The van der Waals surface area contributed by atoms with Gasteiger partial charge in [-0.1, -0.05) is 42.3 Å². The third-order valence-corrected chi connectivity index (χ3v) is 3.64. The molecule has 108 valence electrons. The molecular weight excluding hydrogens is 295 g/mol. The highest BCUT2D eigenvalue weighted by atomic mass is 35.5. The van der Waals surface area contributed by atoms with E-state index in [4.69, 9.17) is 23.2 Å². The molecule has 1 N–H and O–H groups in total. The van der Waals surface area contributed by atoms with Gasteiger partial charge in [0.1, 0.15) is 0 Å². The summed E-state index contributed by atoms with van der Waals surface area (Å²) in [6, 6.07) is 3.66. The van der Waals surface area contributed by atoms with E-state index in [-0.39, 0.29) is 0 Å². The van der Waals surface area contributed by atoms with Crippen LogP contribution in [0.5, 0.6) is 0 Å². The number of halogens is 2. The maximum absolute atomic E-state index is 6.28. The predicted octanol–water partition coefficient (Wildman–Crippen LogP) is 3.63. The summed E-state index contributed by atoms with van der Waals surface area (Å²) in [4.78, 5) is 0. The number of nitrogens with zero attached hydrogens (tertiary/aromatic N) is 3. The molecule has 2 aromatic rings. The van der Waals surface area contributed by atoms with Gasteiger partial charge in [-0.2, -0.15) is 0 Å². The van der Waals surface area contributed by atoms with Gasteiger partial charge in [0.25, 0.3) is 0 Å². The van der Waals surface area contributed by atoms with E-state index in [1.165, 1.54) is 0 Å². The van der Waals surface area contributed by atoms with E-state index < -0.39 is 0 Å². The van der Waals surface area contributed by atoms with Crippen LogP contribution in [0.1, 0.15) is 25.1 Å². The van der Waals surface area contributed by atoms with Crippen molar-refractivity contribution in [2.24, 2.45) is 5.92 Å². The van der Waals surface area contributed by atoms with Gasteiger partial charge in [-0.05, 0) is 37.1 Å². The first-order chi connectivity index (χ1) is 9.49. The Balaban J connectivity index is 2.25. The SMILES string of the molecule is Cc1cc(Cl)c(-n2nncc2CNCC(C)C)cc1Cl. The molecule has 0 aliphatic rings. The van der Waals surface area contributed by atoms with Crippen molar-refractivity contribution in [1.82, 2.24) is 20.3 Å². The van der Waals surface area contributed by atoms with Crippen molar-refractivity contribution in [3.63, 3.8) is 0 Å². The number of aryl methyl sites for hydroxylation is 1. The van der Waals surface area contributed by atoms with Crippen molar-refractivity contribution in [2.45, 2.75) is 27.3 Å². The molecule has 20 heavy (non-hydrogen) atoms. The van der Waals surface area contributed by atoms with E-state index in [2.05, 4.69) is 29.5 Å². The average molecular weight is 313 g/mol. The molecule has 0 fully saturated rings. The largest absolute Gasteiger partial charge is 0.311 e. The Kier molecular flexibility index (Phi) is 5.02. The second-order valence-electron chi connectivity index (χ2n) is 5.21. The minimum Gasteiger partial charge on any atom is -0.311 e. The lowest BCUT2D eigenvalue weighted by Crippen LogP contribution is -2.20. The van der Waals surface area contributed by atoms with Crippen LogP contribution in [0, 0.1) is 12.8 Å². The number of nitrogens with one attached hydrogen (secondary N) is 1. The van der Waals surface area contributed by atoms with Crippen LogP contribution < -0.4 is 5.32 Å². The molecule has 6 heteroatoms. The zero-order valence-electron chi connectivity index (χ0n) is 11.8. The van der Waals surface area contributed by atoms with Gasteiger partial charge < -0.3 is 5.32 Å². The van der Waals surface area contributed by atoms with Crippen LogP contribution in [-0.2, 0) is 6.54 Å². The fourth-order valence-corrected chi connectivity index (χ4v) is 2.32. The van der Waals surface area contributed by atoms with Crippen LogP contribution >= 0.6 is 23.2 Å². The van der Waals surface area contributed by atoms with E-state index in [0.29, 0.717) is 22.5 Å². The molecule has 0 saturated heterocycles. The maximum Gasteiger partial charge on any atom is 0.0868 e. The number of hydrogen-bond acceptors (Lipinski definition) is 3. The second-order valence-corrected chi connectivity index (χ2v) is 6.03. The highest BCUT2D eigenvalue weighted by Gasteiger charge is 2.12. The normalized spacial score (nSPS) is 11.3. The molecule has 1 aromatic heterocycles. The molecule has 0 unspecified atom stereocenters. The smallest absolute Gasteiger partial charge is 0.0868 e. The second kappa shape index (κ2) is 6.57. The summed E-state index contributed by atoms with van der Waals surface area (Å²) in [6.45, 7) is 7.88. The van der Waals surface area contributed by atoms with Crippen LogP contribution in [-0.4, -0.2) is 21.5 Å². The van der Waals surface area contributed by atoms with E-state index in [0.717, 1.165) is 23.5 Å². The number of hydrogen-bond donors (Lipinski definition) is 1. The number of rotatable bonds is 5. The van der Waals surface area contributed by atoms with Crippen molar-refractivity contribution < 1.29 is 0 Å². The summed E-state index contributed by atoms with van der Waals surface area (Å²) in [5.41, 5.74) is 2.65. The van der Waals surface area contributed by atoms with E-state index in [1.54, 1.807) is 10.9 Å². The summed E-state index contributed by atoms with van der Waals surface area (Å²) in [5, 5.41) is 12.7. The summed E-state index contributed by atoms with van der Waals surface area (Å²) in [6.07, 6.45) is 1.73. The van der Waals surface area contributed by atoms with E-state index >= 15 is 0 Å². The Morgan fingerprint density at radius 1 is 1.25 bits per heavy atom. The van der Waals surface area contributed by atoms with Crippen molar-refractivity contribution in [3.8, 4) is 5.69 Å². The summed E-state index contributed by atoms with van der Waals surface area (Å²) in [5.74, 6) is 0.594. The number of benzene rings is 1. The van der Waals surface area contributed by atoms with Gasteiger partial charge in [0, 0.05) is 11.6 Å². The van der Waals surface area contributed by atoms with E-state index in [9.17, 15) is 0 Å². The molecule has 0 atom stereocenters. The molecule has 2 rings (SSSR count). The lowest BCUT2D eigenvalue weighted by Gasteiger charge is -2.11. The highest BCUT2D eigenvalue weighted by molar-refractivity contribution is 6.35. The third-order valence-electron chi connectivity index (χ3n) is 2.93. The quantitative estimate of drug-likeness (QED) is 0.916. The Labute approximate surface area is 129 Å². The van der Waals surface area contributed by atoms with Crippen LogP contribution in [0.25, 0.3) is 5.69 Å². The molecule has 1 heterocycles. The number of aromatic nitrogens is 3.